The Labute approximate surface area is 183 Å². The Hall–Kier alpha value is -2.43. The van der Waals surface area contributed by atoms with Crippen molar-refractivity contribution in [2.75, 3.05) is 23.1 Å². The lowest BCUT2D eigenvalue weighted by molar-refractivity contribution is -0.116. The lowest BCUT2D eigenvalue weighted by Crippen LogP contribution is -2.30. The molecule has 0 saturated heterocycles. The molecule has 3 rings (SSSR count). The van der Waals surface area contributed by atoms with Gasteiger partial charge in [0.25, 0.3) is 10.0 Å². The maximum atomic E-state index is 13.1. The standard InChI is InChI=1S/C21H27N3O5S2/c1-5-24(6-2)31(28,29)18-11-14(3)15(4)20(13-18)23-30(26,27)17-8-9-19-16(12-17)7-10-21(25)22-19/h8-9,11-13,23H,5-7,10H2,1-4H3,(H,22,25). The van der Waals surface area contributed by atoms with Crippen LogP contribution in [-0.4, -0.2) is 40.1 Å². The molecule has 0 spiro atoms. The summed E-state index contributed by atoms with van der Waals surface area (Å²) in [6.45, 7) is 7.63. The number of hydrogen-bond acceptors (Lipinski definition) is 5. The fraction of sp³-hybridized carbons (Fsp3) is 0.381. The van der Waals surface area contributed by atoms with E-state index in [0.29, 0.717) is 42.7 Å². The van der Waals surface area contributed by atoms with E-state index in [1.807, 2.05) is 0 Å². The summed E-state index contributed by atoms with van der Waals surface area (Å²) in [6.07, 6.45) is 0.758. The smallest absolute Gasteiger partial charge is 0.261 e. The van der Waals surface area contributed by atoms with Crippen LogP contribution >= 0.6 is 0 Å². The molecule has 0 atom stereocenters. The van der Waals surface area contributed by atoms with Crippen LogP contribution in [0.25, 0.3) is 0 Å². The molecule has 168 valence electrons. The van der Waals surface area contributed by atoms with Gasteiger partial charge in [-0.05, 0) is 67.3 Å². The highest BCUT2D eigenvalue weighted by molar-refractivity contribution is 7.92. The average molecular weight is 466 g/mol. The number of nitrogens with zero attached hydrogens (tertiary/aromatic N) is 1. The Morgan fingerprint density at radius 2 is 1.65 bits per heavy atom. The number of fused-ring (bicyclic) bond motifs is 1. The van der Waals surface area contributed by atoms with Crippen LogP contribution in [0.15, 0.2) is 40.1 Å². The number of hydrogen-bond donors (Lipinski definition) is 2. The quantitative estimate of drug-likeness (QED) is 0.653. The van der Waals surface area contributed by atoms with Gasteiger partial charge in [0, 0.05) is 25.2 Å². The molecule has 10 heteroatoms. The first-order valence-electron chi connectivity index (χ1n) is 10.1. The molecule has 2 N–H and O–H groups in total. The molecule has 1 aliphatic rings. The number of amides is 1. The van der Waals surface area contributed by atoms with Gasteiger partial charge in [-0.2, -0.15) is 4.31 Å². The molecule has 8 nitrogen and oxygen atoms in total. The van der Waals surface area contributed by atoms with Crippen molar-refractivity contribution in [3.05, 3.63) is 47.0 Å². The zero-order valence-electron chi connectivity index (χ0n) is 18.0. The van der Waals surface area contributed by atoms with E-state index >= 15 is 0 Å². The predicted molar refractivity (Wildman–Crippen MR) is 120 cm³/mol. The molecular formula is C21H27N3O5S2. The van der Waals surface area contributed by atoms with Crippen LogP contribution in [0.4, 0.5) is 11.4 Å². The zero-order valence-corrected chi connectivity index (χ0v) is 19.7. The van der Waals surface area contributed by atoms with Gasteiger partial charge in [-0.1, -0.05) is 13.8 Å². The van der Waals surface area contributed by atoms with E-state index in [-0.39, 0.29) is 21.4 Å². The summed E-state index contributed by atoms with van der Waals surface area (Å²) in [6, 6.07) is 7.45. The van der Waals surface area contributed by atoms with Gasteiger partial charge >= 0.3 is 0 Å². The third-order valence-electron chi connectivity index (χ3n) is 5.51. The Balaban J connectivity index is 2.00. The van der Waals surface area contributed by atoms with Crippen LogP contribution in [0.5, 0.6) is 0 Å². The lowest BCUT2D eigenvalue weighted by atomic mass is 10.0. The molecule has 0 aliphatic carbocycles. The van der Waals surface area contributed by atoms with E-state index in [1.54, 1.807) is 39.8 Å². The Morgan fingerprint density at radius 1 is 0.968 bits per heavy atom. The monoisotopic (exact) mass is 465 g/mol. The van der Waals surface area contributed by atoms with Crippen molar-refractivity contribution in [2.24, 2.45) is 0 Å². The summed E-state index contributed by atoms with van der Waals surface area (Å²) in [5.74, 6) is -0.0986. The first kappa shape index (κ1) is 23.2. The van der Waals surface area contributed by atoms with Crippen molar-refractivity contribution in [1.82, 2.24) is 4.31 Å². The second-order valence-electron chi connectivity index (χ2n) is 7.47. The van der Waals surface area contributed by atoms with E-state index in [4.69, 9.17) is 0 Å². The van der Waals surface area contributed by atoms with Gasteiger partial charge in [-0.3, -0.25) is 9.52 Å². The van der Waals surface area contributed by atoms with Crippen molar-refractivity contribution in [2.45, 2.75) is 50.3 Å². The third kappa shape index (κ3) is 4.60. The molecule has 1 heterocycles. The van der Waals surface area contributed by atoms with E-state index in [0.717, 1.165) is 5.56 Å². The normalized spacial score (nSPS) is 14.3. The summed E-state index contributed by atoms with van der Waals surface area (Å²) < 4.78 is 55.9. The van der Waals surface area contributed by atoms with E-state index in [2.05, 4.69) is 10.0 Å². The van der Waals surface area contributed by atoms with Crippen LogP contribution in [0.2, 0.25) is 0 Å². The SMILES string of the molecule is CCN(CC)S(=O)(=O)c1cc(C)c(C)c(NS(=O)(=O)c2ccc3c(c2)CCC(=O)N3)c1. The molecule has 0 aromatic heterocycles. The fourth-order valence-electron chi connectivity index (χ4n) is 3.52. The molecule has 2 aromatic rings. The zero-order chi connectivity index (χ0) is 23.0. The molecule has 0 saturated carbocycles. The van der Waals surface area contributed by atoms with E-state index in [9.17, 15) is 21.6 Å². The lowest BCUT2D eigenvalue weighted by Gasteiger charge is -2.21. The average Bonchev–Trinajstić information content (AvgIpc) is 2.71. The van der Waals surface area contributed by atoms with Crippen LogP contribution in [0, 0.1) is 13.8 Å². The van der Waals surface area contributed by atoms with Gasteiger partial charge in [0.2, 0.25) is 15.9 Å². The minimum atomic E-state index is -3.96. The van der Waals surface area contributed by atoms with Crippen molar-refractivity contribution in [3.63, 3.8) is 0 Å². The van der Waals surface area contributed by atoms with Crippen LogP contribution in [-0.2, 0) is 31.3 Å². The highest BCUT2D eigenvalue weighted by Gasteiger charge is 2.25. The van der Waals surface area contributed by atoms with Crippen LogP contribution < -0.4 is 10.0 Å². The van der Waals surface area contributed by atoms with Gasteiger partial charge < -0.3 is 5.32 Å². The summed E-state index contributed by atoms with van der Waals surface area (Å²) in [5, 5.41) is 2.72. The summed E-state index contributed by atoms with van der Waals surface area (Å²) in [5.41, 5.74) is 2.88. The highest BCUT2D eigenvalue weighted by Crippen LogP contribution is 2.30. The number of rotatable bonds is 7. The van der Waals surface area contributed by atoms with E-state index in [1.165, 1.54) is 22.5 Å². The first-order valence-corrected chi connectivity index (χ1v) is 13.0. The number of sulfonamides is 2. The Bertz CT molecular complexity index is 1230. The van der Waals surface area contributed by atoms with Crippen molar-refractivity contribution in [3.8, 4) is 0 Å². The summed E-state index contributed by atoms with van der Waals surface area (Å²) in [7, 11) is -7.71. The molecule has 1 amide bonds. The van der Waals surface area contributed by atoms with Crippen LogP contribution in [0.3, 0.4) is 0 Å². The maximum absolute atomic E-state index is 13.1. The number of anilines is 2. The maximum Gasteiger partial charge on any atom is 0.261 e. The van der Waals surface area contributed by atoms with Gasteiger partial charge in [-0.25, -0.2) is 16.8 Å². The largest absolute Gasteiger partial charge is 0.326 e. The second-order valence-corrected chi connectivity index (χ2v) is 11.1. The first-order chi connectivity index (χ1) is 14.5. The molecule has 0 radical (unpaired) electrons. The Morgan fingerprint density at radius 3 is 2.29 bits per heavy atom. The van der Waals surface area contributed by atoms with Crippen molar-refractivity contribution < 1.29 is 21.6 Å². The van der Waals surface area contributed by atoms with E-state index < -0.39 is 20.0 Å². The molecule has 0 bridgehead atoms. The Kier molecular flexibility index (Phi) is 6.45. The van der Waals surface area contributed by atoms with Gasteiger partial charge in [0.05, 0.1) is 15.5 Å². The number of carbonyl (C=O) groups is 1. The van der Waals surface area contributed by atoms with Crippen LogP contribution in [0.1, 0.15) is 37.0 Å². The minimum Gasteiger partial charge on any atom is -0.326 e. The van der Waals surface area contributed by atoms with Crippen molar-refractivity contribution >= 4 is 37.3 Å². The topological polar surface area (TPSA) is 113 Å². The van der Waals surface area contributed by atoms with Gasteiger partial charge in [0.15, 0.2) is 0 Å². The number of nitrogens with one attached hydrogen (secondary N) is 2. The summed E-state index contributed by atoms with van der Waals surface area (Å²) >= 11 is 0. The third-order valence-corrected chi connectivity index (χ3v) is 8.90. The molecule has 2 aromatic carbocycles. The number of aryl methyl sites for hydroxylation is 2. The van der Waals surface area contributed by atoms with Crippen molar-refractivity contribution in [1.29, 1.82) is 0 Å². The number of benzene rings is 2. The second kappa shape index (κ2) is 8.60. The molecule has 0 fully saturated rings. The molecular weight excluding hydrogens is 438 g/mol. The molecule has 31 heavy (non-hydrogen) atoms. The predicted octanol–water partition coefficient (Wildman–Crippen LogP) is 3.02. The van der Waals surface area contributed by atoms with Gasteiger partial charge in [0.1, 0.15) is 0 Å². The highest BCUT2D eigenvalue weighted by atomic mass is 32.2. The summed E-state index contributed by atoms with van der Waals surface area (Å²) in [4.78, 5) is 11.6. The molecule has 1 aliphatic heterocycles. The minimum absolute atomic E-state index is 0.0464. The fourth-order valence-corrected chi connectivity index (χ4v) is 6.26. The number of carbonyl (C=O) groups excluding carboxylic acids is 1. The molecule has 0 unspecified atom stereocenters. The van der Waals surface area contributed by atoms with Gasteiger partial charge in [-0.15, -0.1) is 0 Å².